The van der Waals surface area contributed by atoms with Crippen LogP contribution in [0.3, 0.4) is 0 Å². The van der Waals surface area contributed by atoms with Gasteiger partial charge in [-0.15, -0.1) is 0 Å². The maximum atomic E-state index is 13.0. The van der Waals surface area contributed by atoms with Gasteiger partial charge in [0, 0.05) is 6.04 Å². The molecule has 0 saturated carbocycles. The zero-order valence-electron chi connectivity index (χ0n) is 12.2. The molecule has 2 nitrogen and oxygen atoms in total. The molecule has 0 aromatic heterocycles. The third kappa shape index (κ3) is 6.17. The standard InChI is InChI=1S/C16H27FN2/c1-3-4-5-6-7-8-16(19-18)12-14-9-10-15(17)11-13(14)2/h9-11,16,19H,3-8,12,18H2,1-2H3. The summed E-state index contributed by atoms with van der Waals surface area (Å²) < 4.78 is 13.0. The van der Waals surface area contributed by atoms with E-state index in [2.05, 4.69) is 12.3 Å². The van der Waals surface area contributed by atoms with E-state index in [1.54, 1.807) is 6.07 Å². The molecule has 3 N–H and O–H groups in total. The van der Waals surface area contributed by atoms with Gasteiger partial charge < -0.3 is 0 Å². The van der Waals surface area contributed by atoms with E-state index in [1.807, 2.05) is 13.0 Å². The average Bonchev–Trinajstić information content (AvgIpc) is 2.39. The summed E-state index contributed by atoms with van der Waals surface area (Å²) in [5.41, 5.74) is 5.07. The number of nitrogens with two attached hydrogens (primary N) is 1. The third-order valence-electron chi connectivity index (χ3n) is 3.66. The largest absolute Gasteiger partial charge is 0.271 e. The molecule has 0 heterocycles. The second-order valence-electron chi connectivity index (χ2n) is 5.34. The summed E-state index contributed by atoms with van der Waals surface area (Å²) in [7, 11) is 0. The summed E-state index contributed by atoms with van der Waals surface area (Å²) >= 11 is 0. The topological polar surface area (TPSA) is 38.0 Å². The zero-order chi connectivity index (χ0) is 14.1. The van der Waals surface area contributed by atoms with Gasteiger partial charge in [-0.2, -0.15) is 0 Å². The molecule has 0 amide bonds. The van der Waals surface area contributed by atoms with Crippen LogP contribution < -0.4 is 11.3 Å². The minimum absolute atomic E-state index is 0.168. The lowest BCUT2D eigenvalue weighted by Crippen LogP contribution is -2.36. The SMILES string of the molecule is CCCCCCCC(Cc1ccc(F)cc1C)NN. The first-order valence-electron chi connectivity index (χ1n) is 7.38. The number of hydrazine groups is 1. The van der Waals surface area contributed by atoms with Gasteiger partial charge in [0.05, 0.1) is 0 Å². The van der Waals surface area contributed by atoms with E-state index in [9.17, 15) is 4.39 Å². The number of aryl methyl sites for hydroxylation is 1. The summed E-state index contributed by atoms with van der Waals surface area (Å²) in [5.74, 6) is 5.45. The van der Waals surface area contributed by atoms with E-state index in [0.29, 0.717) is 0 Å². The number of halogens is 1. The van der Waals surface area contributed by atoms with Crippen LogP contribution in [0.25, 0.3) is 0 Å². The first-order valence-corrected chi connectivity index (χ1v) is 7.38. The normalized spacial score (nSPS) is 12.6. The molecular weight excluding hydrogens is 239 g/mol. The summed E-state index contributed by atoms with van der Waals surface area (Å²) in [6.07, 6.45) is 8.32. The van der Waals surface area contributed by atoms with E-state index < -0.39 is 0 Å². The van der Waals surface area contributed by atoms with Gasteiger partial charge in [0.25, 0.3) is 0 Å². The monoisotopic (exact) mass is 266 g/mol. The number of hydrogen-bond acceptors (Lipinski definition) is 2. The van der Waals surface area contributed by atoms with Gasteiger partial charge in [0.1, 0.15) is 5.82 Å². The molecule has 1 rings (SSSR count). The molecule has 1 atom stereocenters. The molecule has 1 aromatic rings. The Hall–Kier alpha value is -0.930. The second kappa shape index (κ2) is 9.05. The first kappa shape index (κ1) is 16.1. The van der Waals surface area contributed by atoms with Gasteiger partial charge in [-0.3, -0.25) is 11.3 Å². The summed E-state index contributed by atoms with van der Waals surface area (Å²) in [6, 6.07) is 5.26. The van der Waals surface area contributed by atoms with E-state index in [4.69, 9.17) is 5.84 Å². The minimum atomic E-state index is -0.168. The van der Waals surface area contributed by atoms with Gasteiger partial charge >= 0.3 is 0 Å². The van der Waals surface area contributed by atoms with Crippen LogP contribution in [0.1, 0.15) is 56.6 Å². The van der Waals surface area contributed by atoms with Gasteiger partial charge in [-0.1, -0.05) is 45.1 Å². The second-order valence-corrected chi connectivity index (χ2v) is 5.34. The van der Waals surface area contributed by atoms with Crippen LogP contribution in [0.15, 0.2) is 18.2 Å². The summed E-state index contributed by atoms with van der Waals surface area (Å²) in [6.45, 7) is 4.18. The van der Waals surface area contributed by atoms with Gasteiger partial charge in [-0.25, -0.2) is 4.39 Å². The molecule has 3 heteroatoms. The Balaban J connectivity index is 2.39. The van der Waals surface area contributed by atoms with Crippen molar-refractivity contribution in [2.45, 2.75) is 64.8 Å². The highest BCUT2D eigenvalue weighted by Crippen LogP contribution is 2.15. The Morgan fingerprint density at radius 1 is 1.21 bits per heavy atom. The summed E-state index contributed by atoms with van der Waals surface area (Å²) in [4.78, 5) is 0. The smallest absolute Gasteiger partial charge is 0.123 e. The minimum Gasteiger partial charge on any atom is -0.271 e. The van der Waals surface area contributed by atoms with E-state index in [0.717, 1.165) is 18.4 Å². The van der Waals surface area contributed by atoms with Crippen LogP contribution in [0.2, 0.25) is 0 Å². The fourth-order valence-electron chi connectivity index (χ4n) is 2.39. The Labute approximate surface area is 116 Å². The summed E-state index contributed by atoms with van der Waals surface area (Å²) in [5, 5.41) is 0. The molecule has 1 aromatic carbocycles. The molecule has 0 bridgehead atoms. The highest BCUT2D eigenvalue weighted by molar-refractivity contribution is 5.27. The predicted octanol–water partition coefficient (Wildman–Crippen LogP) is 3.87. The van der Waals surface area contributed by atoms with Crippen LogP contribution in [-0.4, -0.2) is 6.04 Å². The highest BCUT2D eigenvalue weighted by atomic mass is 19.1. The van der Waals surface area contributed by atoms with Crippen molar-refractivity contribution in [1.29, 1.82) is 0 Å². The van der Waals surface area contributed by atoms with Crippen molar-refractivity contribution < 1.29 is 4.39 Å². The molecular formula is C16H27FN2. The van der Waals surface area contributed by atoms with Crippen LogP contribution in [0, 0.1) is 12.7 Å². The fourth-order valence-corrected chi connectivity index (χ4v) is 2.39. The molecule has 0 aliphatic heterocycles. The highest BCUT2D eigenvalue weighted by Gasteiger charge is 2.09. The Bertz CT molecular complexity index is 366. The number of nitrogens with one attached hydrogen (secondary N) is 1. The predicted molar refractivity (Wildman–Crippen MR) is 79.3 cm³/mol. The van der Waals surface area contributed by atoms with Gasteiger partial charge in [-0.05, 0) is 43.0 Å². The van der Waals surface area contributed by atoms with Crippen molar-refractivity contribution in [2.75, 3.05) is 0 Å². The number of rotatable bonds is 9. The fraction of sp³-hybridized carbons (Fsp3) is 0.625. The molecule has 0 saturated heterocycles. The van der Waals surface area contributed by atoms with Crippen LogP contribution in [-0.2, 0) is 6.42 Å². The van der Waals surface area contributed by atoms with E-state index >= 15 is 0 Å². The Morgan fingerprint density at radius 3 is 2.58 bits per heavy atom. The molecule has 0 aliphatic rings. The average molecular weight is 266 g/mol. The van der Waals surface area contributed by atoms with E-state index in [-0.39, 0.29) is 11.9 Å². The molecule has 0 fully saturated rings. The van der Waals surface area contributed by atoms with Gasteiger partial charge in [0.15, 0.2) is 0 Å². The number of hydrogen-bond donors (Lipinski definition) is 2. The molecule has 19 heavy (non-hydrogen) atoms. The van der Waals surface area contributed by atoms with Crippen molar-refractivity contribution in [3.05, 3.63) is 35.1 Å². The van der Waals surface area contributed by atoms with Crippen molar-refractivity contribution >= 4 is 0 Å². The van der Waals surface area contributed by atoms with Crippen LogP contribution in [0.5, 0.6) is 0 Å². The van der Waals surface area contributed by atoms with Crippen LogP contribution >= 0.6 is 0 Å². The zero-order valence-corrected chi connectivity index (χ0v) is 12.2. The molecule has 108 valence electrons. The maximum Gasteiger partial charge on any atom is 0.123 e. The lowest BCUT2D eigenvalue weighted by atomic mass is 9.97. The van der Waals surface area contributed by atoms with Crippen molar-refractivity contribution in [3.8, 4) is 0 Å². The Morgan fingerprint density at radius 2 is 1.95 bits per heavy atom. The lowest BCUT2D eigenvalue weighted by molar-refractivity contribution is 0.460. The molecule has 0 radical (unpaired) electrons. The molecule has 0 aliphatic carbocycles. The first-order chi connectivity index (χ1) is 9.17. The quantitative estimate of drug-likeness (QED) is 0.404. The molecule has 1 unspecified atom stereocenters. The van der Waals surface area contributed by atoms with Gasteiger partial charge in [0.2, 0.25) is 0 Å². The molecule has 0 spiro atoms. The maximum absolute atomic E-state index is 13.0. The third-order valence-corrected chi connectivity index (χ3v) is 3.66. The van der Waals surface area contributed by atoms with Crippen molar-refractivity contribution in [1.82, 2.24) is 5.43 Å². The van der Waals surface area contributed by atoms with E-state index in [1.165, 1.54) is 43.7 Å². The lowest BCUT2D eigenvalue weighted by Gasteiger charge is -2.17. The Kier molecular flexibility index (Phi) is 7.68. The number of benzene rings is 1. The van der Waals surface area contributed by atoms with Crippen molar-refractivity contribution in [2.24, 2.45) is 5.84 Å². The van der Waals surface area contributed by atoms with Crippen molar-refractivity contribution in [3.63, 3.8) is 0 Å². The van der Waals surface area contributed by atoms with Crippen LogP contribution in [0.4, 0.5) is 4.39 Å². The number of unbranched alkanes of at least 4 members (excludes halogenated alkanes) is 4.